The van der Waals surface area contributed by atoms with Crippen molar-refractivity contribution in [2.75, 3.05) is 13.2 Å². The van der Waals surface area contributed by atoms with Gasteiger partial charge >= 0.3 is 0 Å². The SMILES string of the molecule is CCOCCC1=CC2CCC(C1)N2Cc1ccccc1. The van der Waals surface area contributed by atoms with Crippen molar-refractivity contribution in [1.29, 1.82) is 0 Å². The molecule has 0 saturated carbocycles. The van der Waals surface area contributed by atoms with E-state index in [4.69, 9.17) is 4.74 Å². The van der Waals surface area contributed by atoms with E-state index in [9.17, 15) is 0 Å². The van der Waals surface area contributed by atoms with Gasteiger partial charge in [0.1, 0.15) is 0 Å². The first-order chi connectivity index (χ1) is 9.86. The molecule has 1 fully saturated rings. The molecule has 2 atom stereocenters. The van der Waals surface area contributed by atoms with Crippen LogP contribution in [0.3, 0.4) is 0 Å². The molecule has 2 bridgehead atoms. The lowest BCUT2D eigenvalue weighted by Gasteiger charge is -2.34. The molecule has 0 radical (unpaired) electrons. The van der Waals surface area contributed by atoms with Gasteiger partial charge in [0, 0.05) is 25.2 Å². The minimum atomic E-state index is 0.658. The Labute approximate surface area is 122 Å². The third-order valence-corrected chi connectivity index (χ3v) is 4.60. The smallest absolute Gasteiger partial charge is 0.0503 e. The molecule has 2 unspecified atom stereocenters. The van der Waals surface area contributed by atoms with Gasteiger partial charge in [0.25, 0.3) is 0 Å². The largest absolute Gasteiger partial charge is 0.381 e. The van der Waals surface area contributed by atoms with Crippen LogP contribution in [0.25, 0.3) is 0 Å². The number of hydrogen-bond acceptors (Lipinski definition) is 2. The van der Waals surface area contributed by atoms with Gasteiger partial charge in [-0.15, -0.1) is 0 Å². The van der Waals surface area contributed by atoms with Crippen molar-refractivity contribution in [1.82, 2.24) is 4.90 Å². The number of rotatable bonds is 6. The highest BCUT2D eigenvalue weighted by Gasteiger charge is 2.35. The lowest BCUT2D eigenvalue weighted by atomic mass is 9.98. The Bertz CT molecular complexity index is 454. The van der Waals surface area contributed by atoms with Gasteiger partial charge in [-0.25, -0.2) is 0 Å². The molecule has 2 heterocycles. The van der Waals surface area contributed by atoms with Crippen LogP contribution in [0, 0.1) is 0 Å². The standard InChI is InChI=1S/C18H25NO/c1-2-20-11-10-16-12-17-8-9-18(13-16)19(17)14-15-6-4-3-5-7-15/h3-7,12,17-18H,2,8-11,13-14H2,1H3. The van der Waals surface area contributed by atoms with Crippen LogP contribution in [-0.4, -0.2) is 30.2 Å². The Kier molecular flexibility index (Phi) is 4.54. The monoisotopic (exact) mass is 271 g/mol. The zero-order valence-electron chi connectivity index (χ0n) is 12.4. The summed E-state index contributed by atoms with van der Waals surface area (Å²) in [6, 6.07) is 12.3. The summed E-state index contributed by atoms with van der Waals surface area (Å²) in [5, 5.41) is 0. The van der Waals surface area contributed by atoms with E-state index in [0.717, 1.165) is 32.2 Å². The summed E-state index contributed by atoms with van der Waals surface area (Å²) in [4.78, 5) is 2.69. The summed E-state index contributed by atoms with van der Waals surface area (Å²) < 4.78 is 5.50. The van der Waals surface area contributed by atoms with Crippen LogP contribution in [0.1, 0.15) is 38.2 Å². The van der Waals surface area contributed by atoms with Crippen molar-refractivity contribution < 1.29 is 4.74 Å². The second kappa shape index (κ2) is 6.55. The van der Waals surface area contributed by atoms with Gasteiger partial charge in [0.15, 0.2) is 0 Å². The van der Waals surface area contributed by atoms with Gasteiger partial charge in [-0.3, -0.25) is 4.90 Å². The van der Waals surface area contributed by atoms with Crippen molar-refractivity contribution in [3.05, 3.63) is 47.5 Å². The highest BCUT2D eigenvalue weighted by molar-refractivity contribution is 5.21. The summed E-state index contributed by atoms with van der Waals surface area (Å²) >= 11 is 0. The molecule has 0 amide bonds. The van der Waals surface area contributed by atoms with Crippen LogP contribution >= 0.6 is 0 Å². The lowest BCUT2D eigenvalue weighted by molar-refractivity contribution is 0.145. The fourth-order valence-electron chi connectivity index (χ4n) is 3.58. The third kappa shape index (κ3) is 3.13. The molecule has 0 aliphatic carbocycles. The molecule has 2 aliphatic heterocycles. The maximum absolute atomic E-state index is 5.50. The topological polar surface area (TPSA) is 12.5 Å². The molecular formula is C18H25NO. The van der Waals surface area contributed by atoms with E-state index in [2.05, 4.69) is 48.2 Å². The van der Waals surface area contributed by atoms with E-state index in [1.807, 2.05) is 0 Å². The third-order valence-electron chi connectivity index (χ3n) is 4.60. The zero-order valence-corrected chi connectivity index (χ0v) is 12.4. The van der Waals surface area contributed by atoms with Gasteiger partial charge < -0.3 is 4.74 Å². The Morgan fingerprint density at radius 2 is 2.05 bits per heavy atom. The van der Waals surface area contributed by atoms with E-state index < -0.39 is 0 Å². The second-order valence-corrected chi connectivity index (χ2v) is 5.93. The molecule has 1 saturated heterocycles. The molecule has 1 aromatic rings. The summed E-state index contributed by atoms with van der Waals surface area (Å²) in [5.41, 5.74) is 3.06. The molecule has 1 aromatic carbocycles. The van der Waals surface area contributed by atoms with Crippen molar-refractivity contribution in [3.8, 4) is 0 Å². The van der Waals surface area contributed by atoms with Crippen molar-refractivity contribution in [2.24, 2.45) is 0 Å². The van der Waals surface area contributed by atoms with E-state index in [0.29, 0.717) is 6.04 Å². The fourth-order valence-corrected chi connectivity index (χ4v) is 3.58. The molecule has 0 spiro atoms. The number of fused-ring (bicyclic) bond motifs is 2. The molecule has 0 aromatic heterocycles. The molecule has 108 valence electrons. The molecule has 3 rings (SSSR count). The molecular weight excluding hydrogens is 246 g/mol. The molecule has 2 heteroatoms. The first kappa shape index (κ1) is 13.8. The minimum absolute atomic E-state index is 0.658. The number of benzene rings is 1. The maximum Gasteiger partial charge on any atom is 0.0503 e. The summed E-state index contributed by atoms with van der Waals surface area (Å²) in [7, 11) is 0. The molecule has 2 nitrogen and oxygen atoms in total. The first-order valence-electron chi connectivity index (χ1n) is 7.94. The van der Waals surface area contributed by atoms with Gasteiger partial charge in [0.2, 0.25) is 0 Å². The molecule has 0 N–H and O–H groups in total. The predicted molar refractivity (Wildman–Crippen MR) is 82.6 cm³/mol. The summed E-state index contributed by atoms with van der Waals surface area (Å²) in [6.45, 7) is 4.90. The van der Waals surface area contributed by atoms with Crippen LogP contribution in [0.4, 0.5) is 0 Å². The lowest BCUT2D eigenvalue weighted by Crippen LogP contribution is -2.38. The van der Waals surface area contributed by atoms with E-state index in [1.54, 1.807) is 5.57 Å². The Hall–Kier alpha value is -1.12. The van der Waals surface area contributed by atoms with Gasteiger partial charge in [0.05, 0.1) is 6.61 Å². The van der Waals surface area contributed by atoms with Crippen molar-refractivity contribution in [2.45, 2.75) is 51.2 Å². The average molecular weight is 271 g/mol. The number of ether oxygens (including phenoxy) is 1. The van der Waals surface area contributed by atoms with Crippen molar-refractivity contribution in [3.63, 3.8) is 0 Å². The Balaban J connectivity index is 1.62. The Morgan fingerprint density at radius 3 is 2.80 bits per heavy atom. The van der Waals surface area contributed by atoms with E-state index in [-0.39, 0.29) is 0 Å². The van der Waals surface area contributed by atoms with Gasteiger partial charge in [-0.2, -0.15) is 0 Å². The summed E-state index contributed by atoms with van der Waals surface area (Å²) in [5.74, 6) is 0. The van der Waals surface area contributed by atoms with Crippen LogP contribution in [0.15, 0.2) is 42.0 Å². The quantitative estimate of drug-likeness (QED) is 0.577. The second-order valence-electron chi connectivity index (χ2n) is 5.93. The maximum atomic E-state index is 5.50. The van der Waals surface area contributed by atoms with Gasteiger partial charge in [-0.05, 0) is 38.2 Å². The van der Waals surface area contributed by atoms with Crippen LogP contribution < -0.4 is 0 Å². The van der Waals surface area contributed by atoms with Crippen molar-refractivity contribution >= 4 is 0 Å². The zero-order chi connectivity index (χ0) is 13.8. The normalized spacial score (nSPS) is 25.8. The molecule has 2 aliphatic rings. The Morgan fingerprint density at radius 1 is 1.20 bits per heavy atom. The van der Waals surface area contributed by atoms with Crippen LogP contribution in [0.2, 0.25) is 0 Å². The van der Waals surface area contributed by atoms with E-state index in [1.165, 1.54) is 24.8 Å². The summed E-state index contributed by atoms with van der Waals surface area (Å²) in [6.07, 6.45) is 7.57. The van der Waals surface area contributed by atoms with Crippen LogP contribution in [-0.2, 0) is 11.3 Å². The predicted octanol–water partition coefficient (Wildman–Crippen LogP) is 3.78. The highest BCUT2D eigenvalue weighted by atomic mass is 16.5. The first-order valence-corrected chi connectivity index (χ1v) is 7.94. The van der Waals surface area contributed by atoms with Gasteiger partial charge in [-0.1, -0.05) is 42.0 Å². The fraction of sp³-hybridized carbons (Fsp3) is 0.556. The molecule has 20 heavy (non-hydrogen) atoms. The highest BCUT2D eigenvalue weighted by Crippen LogP contribution is 2.36. The van der Waals surface area contributed by atoms with E-state index >= 15 is 0 Å². The number of hydrogen-bond donors (Lipinski definition) is 0. The minimum Gasteiger partial charge on any atom is -0.381 e. The average Bonchev–Trinajstić information content (AvgIpc) is 2.72. The number of nitrogens with zero attached hydrogens (tertiary/aromatic N) is 1. The van der Waals surface area contributed by atoms with Crippen LogP contribution in [0.5, 0.6) is 0 Å².